The third-order valence-corrected chi connectivity index (χ3v) is 5.31. The SMILES string of the molecule is CCC(CC)(CNC(=O)c1ccc([N+](=O)[O-])c(O)c1)SC. The number of hydrogen-bond acceptors (Lipinski definition) is 5. The van der Waals surface area contributed by atoms with Crippen LogP contribution in [0.15, 0.2) is 18.2 Å². The van der Waals surface area contributed by atoms with Gasteiger partial charge in [0.2, 0.25) is 0 Å². The summed E-state index contributed by atoms with van der Waals surface area (Å²) in [6.07, 6.45) is 3.86. The molecule has 0 atom stereocenters. The van der Waals surface area contributed by atoms with Crippen LogP contribution in [0.1, 0.15) is 37.0 Å². The zero-order chi connectivity index (χ0) is 16.0. The highest BCUT2D eigenvalue weighted by molar-refractivity contribution is 8.00. The number of nitro groups is 1. The molecule has 7 heteroatoms. The fourth-order valence-electron chi connectivity index (χ4n) is 2.02. The molecule has 0 aromatic heterocycles. The maximum absolute atomic E-state index is 12.1. The first-order valence-electron chi connectivity index (χ1n) is 6.70. The topological polar surface area (TPSA) is 92.5 Å². The highest BCUT2D eigenvalue weighted by Gasteiger charge is 2.26. The summed E-state index contributed by atoms with van der Waals surface area (Å²) in [6.45, 7) is 4.66. The summed E-state index contributed by atoms with van der Waals surface area (Å²) >= 11 is 1.71. The number of benzene rings is 1. The molecule has 0 saturated heterocycles. The fourth-order valence-corrected chi connectivity index (χ4v) is 2.82. The van der Waals surface area contributed by atoms with Crippen LogP contribution in [0, 0.1) is 10.1 Å². The molecule has 0 aliphatic rings. The molecule has 0 unspecified atom stereocenters. The second kappa shape index (κ2) is 7.31. The highest BCUT2D eigenvalue weighted by atomic mass is 32.2. The Hall–Kier alpha value is -1.76. The number of carbonyl (C=O) groups excluding carboxylic acids is 1. The van der Waals surface area contributed by atoms with Gasteiger partial charge >= 0.3 is 5.69 Å². The summed E-state index contributed by atoms with van der Waals surface area (Å²) in [7, 11) is 0. The van der Waals surface area contributed by atoms with Gasteiger partial charge in [0.15, 0.2) is 5.75 Å². The predicted molar refractivity (Wildman–Crippen MR) is 83.9 cm³/mol. The molecule has 21 heavy (non-hydrogen) atoms. The average molecular weight is 312 g/mol. The van der Waals surface area contributed by atoms with E-state index in [9.17, 15) is 20.0 Å². The van der Waals surface area contributed by atoms with Crippen molar-refractivity contribution in [2.45, 2.75) is 31.4 Å². The standard InChI is InChI=1S/C14H20N2O4S/c1-4-14(5-2,21-3)9-15-13(18)10-6-7-11(16(19)20)12(17)8-10/h6-8,17H,4-5,9H2,1-3H3,(H,15,18). The molecule has 1 aromatic rings. The van der Waals surface area contributed by atoms with E-state index < -0.39 is 16.4 Å². The van der Waals surface area contributed by atoms with Gasteiger partial charge in [-0.1, -0.05) is 13.8 Å². The van der Waals surface area contributed by atoms with Crippen molar-refractivity contribution >= 4 is 23.4 Å². The number of aromatic hydroxyl groups is 1. The largest absolute Gasteiger partial charge is 0.502 e. The van der Waals surface area contributed by atoms with Gasteiger partial charge in [-0.3, -0.25) is 14.9 Å². The Morgan fingerprint density at radius 1 is 1.43 bits per heavy atom. The van der Waals surface area contributed by atoms with E-state index in [1.807, 2.05) is 6.26 Å². The maximum atomic E-state index is 12.1. The lowest BCUT2D eigenvalue weighted by Crippen LogP contribution is -2.39. The Bertz CT molecular complexity index is 521. The van der Waals surface area contributed by atoms with Gasteiger partial charge in [-0.15, -0.1) is 0 Å². The zero-order valence-corrected chi connectivity index (χ0v) is 13.2. The third-order valence-electron chi connectivity index (χ3n) is 3.73. The van der Waals surface area contributed by atoms with E-state index in [2.05, 4.69) is 19.2 Å². The van der Waals surface area contributed by atoms with Crippen LogP contribution in [0.25, 0.3) is 0 Å². The number of rotatable bonds is 7. The summed E-state index contributed by atoms with van der Waals surface area (Å²) in [6, 6.07) is 3.59. The average Bonchev–Trinajstić information content (AvgIpc) is 2.48. The third kappa shape index (κ3) is 4.10. The van der Waals surface area contributed by atoms with Crippen LogP contribution in [0.2, 0.25) is 0 Å². The molecule has 0 aliphatic heterocycles. The molecular weight excluding hydrogens is 292 g/mol. The van der Waals surface area contributed by atoms with E-state index in [-0.39, 0.29) is 16.2 Å². The molecule has 1 amide bonds. The Morgan fingerprint density at radius 3 is 2.48 bits per heavy atom. The molecule has 0 fully saturated rings. The molecular formula is C14H20N2O4S. The molecule has 116 valence electrons. The Kier molecular flexibility index (Phi) is 6.02. The highest BCUT2D eigenvalue weighted by Crippen LogP contribution is 2.30. The normalized spacial score (nSPS) is 11.2. The van der Waals surface area contributed by atoms with Gasteiger partial charge in [-0.05, 0) is 31.2 Å². The number of phenolic OH excluding ortho intramolecular Hbond substituents is 1. The molecule has 0 radical (unpaired) electrons. The van der Waals surface area contributed by atoms with Crippen LogP contribution in [0.5, 0.6) is 5.75 Å². The molecule has 2 N–H and O–H groups in total. The minimum absolute atomic E-state index is 0.0154. The monoisotopic (exact) mass is 312 g/mol. The summed E-state index contributed by atoms with van der Waals surface area (Å²) in [5.41, 5.74) is -0.201. The first-order chi connectivity index (χ1) is 9.89. The second-order valence-electron chi connectivity index (χ2n) is 4.74. The van der Waals surface area contributed by atoms with Crippen molar-refractivity contribution in [3.8, 4) is 5.75 Å². The van der Waals surface area contributed by atoms with Crippen molar-refractivity contribution in [2.75, 3.05) is 12.8 Å². The van der Waals surface area contributed by atoms with Gasteiger partial charge in [-0.2, -0.15) is 11.8 Å². The lowest BCUT2D eigenvalue weighted by Gasteiger charge is -2.29. The number of phenols is 1. The quantitative estimate of drug-likeness (QED) is 0.596. The summed E-state index contributed by atoms with van der Waals surface area (Å²) in [5, 5.41) is 23.0. The molecule has 1 rings (SSSR count). The van der Waals surface area contributed by atoms with Gasteiger partial charge in [0.1, 0.15) is 0 Å². The number of thioether (sulfide) groups is 1. The van der Waals surface area contributed by atoms with E-state index >= 15 is 0 Å². The Balaban J connectivity index is 2.81. The van der Waals surface area contributed by atoms with Crippen molar-refractivity contribution in [1.82, 2.24) is 5.32 Å². The van der Waals surface area contributed by atoms with Gasteiger partial charge < -0.3 is 10.4 Å². The van der Waals surface area contributed by atoms with Gasteiger partial charge in [0.25, 0.3) is 5.91 Å². The molecule has 0 aliphatic carbocycles. The van der Waals surface area contributed by atoms with Crippen LogP contribution in [-0.2, 0) is 0 Å². The van der Waals surface area contributed by atoms with Crippen molar-refractivity contribution in [3.05, 3.63) is 33.9 Å². The van der Waals surface area contributed by atoms with E-state index in [0.717, 1.165) is 25.0 Å². The van der Waals surface area contributed by atoms with E-state index in [0.29, 0.717) is 6.54 Å². The van der Waals surface area contributed by atoms with E-state index in [4.69, 9.17) is 0 Å². The van der Waals surface area contributed by atoms with E-state index in [1.54, 1.807) is 11.8 Å². The van der Waals surface area contributed by atoms with Crippen molar-refractivity contribution < 1.29 is 14.8 Å². The Morgan fingerprint density at radius 2 is 2.05 bits per heavy atom. The van der Waals surface area contributed by atoms with Gasteiger partial charge in [-0.25, -0.2) is 0 Å². The minimum atomic E-state index is -0.691. The number of hydrogen-bond donors (Lipinski definition) is 2. The molecule has 6 nitrogen and oxygen atoms in total. The summed E-state index contributed by atoms with van der Waals surface area (Å²) in [5.74, 6) is -0.852. The number of nitro benzene ring substituents is 1. The van der Waals surface area contributed by atoms with Crippen LogP contribution < -0.4 is 5.32 Å². The number of nitrogens with zero attached hydrogens (tertiary/aromatic N) is 1. The van der Waals surface area contributed by atoms with Crippen molar-refractivity contribution in [1.29, 1.82) is 0 Å². The number of carbonyl (C=O) groups is 1. The molecule has 0 saturated carbocycles. The summed E-state index contributed by atoms with van der Waals surface area (Å²) in [4.78, 5) is 22.0. The lowest BCUT2D eigenvalue weighted by molar-refractivity contribution is -0.385. The smallest absolute Gasteiger partial charge is 0.310 e. The molecule has 0 heterocycles. The maximum Gasteiger partial charge on any atom is 0.310 e. The molecule has 0 spiro atoms. The number of nitrogens with one attached hydrogen (secondary N) is 1. The second-order valence-corrected chi connectivity index (χ2v) is 6.01. The predicted octanol–water partition coefficient (Wildman–Crippen LogP) is 2.95. The Labute approximate surface area is 128 Å². The first-order valence-corrected chi connectivity index (χ1v) is 7.92. The van der Waals surface area contributed by atoms with Crippen molar-refractivity contribution in [3.63, 3.8) is 0 Å². The van der Waals surface area contributed by atoms with E-state index in [1.165, 1.54) is 6.07 Å². The van der Waals surface area contributed by atoms with Crippen LogP contribution in [0.3, 0.4) is 0 Å². The number of amides is 1. The molecule has 1 aromatic carbocycles. The minimum Gasteiger partial charge on any atom is -0.502 e. The van der Waals surface area contributed by atoms with Gasteiger partial charge in [0, 0.05) is 22.9 Å². The lowest BCUT2D eigenvalue weighted by atomic mass is 10.0. The van der Waals surface area contributed by atoms with Gasteiger partial charge in [0.05, 0.1) is 4.92 Å². The summed E-state index contributed by atoms with van der Waals surface area (Å²) < 4.78 is -0.0154. The zero-order valence-electron chi connectivity index (χ0n) is 12.4. The van der Waals surface area contributed by atoms with Crippen LogP contribution >= 0.6 is 11.8 Å². The van der Waals surface area contributed by atoms with Crippen LogP contribution in [-0.4, -0.2) is 33.5 Å². The first kappa shape index (κ1) is 17.3. The van der Waals surface area contributed by atoms with Crippen molar-refractivity contribution in [2.24, 2.45) is 0 Å². The fraction of sp³-hybridized carbons (Fsp3) is 0.500. The van der Waals surface area contributed by atoms with Crippen LogP contribution in [0.4, 0.5) is 5.69 Å². The molecule has 0 bridgehead atoms.